The zero-order valence-corrected chi connectivity index (χ0v) is 10.8. The number of benzene rings is 2. The molecule has 3 N–H and O–H groups in total. The van der Waals surface area contributed by atoms with E-state index >= 15 is 0 Å². The average Bonchev–Trinajstić information content (AvgIpc) is 2.25. The predicted octanol–water partition coefficient (Wildman–Crippen LogP) is 3.89. The zero-order valence-electron chi connectivity index (χ0n) is 8.35. The molecule has 0 saturated carbocycles. The van der Waals surface area contributed by atoms with Crippen molar-refractivity contribution < 1.29 is 5.11 Å². The van der Waals surface area contributed by atoms with Gasteiger partial charge in [-0.2, -0.15) is 0 Å². The quantitative estimate of drug-likeness (QED) is 0.826. The zero-order chi connectivity index (χ0) is 11.5. The summed E-state index contributed by atoms with van der Waals surface area (Å²) in [7, 11) is 0. The molecule has 0 amide bonds. The Morgan fingerprint density at radius 3 is 2.38 bits per heavy atom. The van der Waals surface area contributed by atoms with Gasteiger partial charge in [0.15, 0.2) is 0 Å². The number of hydrogen-bond donors (Lipinski definition) is 2. The molecule has 0 aliphatic heterocycles. The van der Waals surface area contributed by atoms with E-state index < -0.39 is 0 Å². The summed E-state index contributed by atoms with van der Waals surface area (Å²) in [4.78, 5) is 1.87. The molecule has 0 saturated heterocycles. The summed E-state index contributed by atoms with van der Waals surface area (Å²) in [6.45, 7) is 0. The summed E-state index contributed by atoms with van der Waals surface area (Å²) in [5.74, 6) is 0.216. The van der Waals surface area contributed by atoms with Gasteiger partial charge in [-0.1, -0.05) is 27.7 Å². The van der Waals surface area contributed by atoms with Crippen molar-refractivity contribution in [3.05, 3.63) is 46.9 Å². The third-order valence-electron chi connectivity index (χ3n) is 2.02. The Hall–Kier alpha value is -1.13. The van der Waals surface area contributed by atoms with E-state index in [1.807, 2.05) is 30.3 Å². The molecular weight excluding hydrogens is 286 g/mol. The van der Waals surface area contributed by atoms with E-state index in [9.17, 15) is 5.11 Å². The second kappa shape index (κ2) is 4.80. The van der Waals surface area contributed by atoms with Crippen LogP contribution in [0.5, 0.6) is 5.75 Å². The molecule has 16 heavy (non-hydrogen) atoms. The van der Waals surface area contributed by atoms with E-state index in [-0.39, 0.29) is 5.75 Å². The summed E-state index contributed by atoms with van der Waals surface area (Å²) in [6, 6.07) is 13.1. The Kier molecular flexibility index (Phi) is 3.41. The van der Waals surface area contributed by atoms with Crippen molar-refractivity contribution in [1.29, 1.82) is 0 Å². The van der Waals surface area contributed by atoms with Gasteiger partial charge in [0.05, 0.1) is 4.90 Å². The molecule has 2 rings (SSSR count). The summed E-state index contributed by atoms with van der Waals surface area (Å²) in [6.07, 6.45) is 0. The van der Waals surface area contributed by atoms with Crippen LogP contribution in [0.15, 0.2) is 56.7 Å². The first-order valence-corrected chi connectivity index (χ1v) is 6.28. The molecule has 0 radical (unpaired) electrons. The van der Waals surface area contributed by atoms with E-state index in [0.29, 0.717) is 5.69 Å². The van der Waals surface area contributed by atoms with E-state index in [1.54, 1.807) is 12.1 Å². The Labute approximate surface area is 107 Å². The molecule has 0 atom stereocenters. The number of anilines is 1. The third kappa shape index (κ3) is 2.71. The van der Waals surface area contributed by atoms with Crippen molar-refractivity contribution in [1.82, 2.24) is 0 Å². The van der Waals surface area contributed by atoms with Crippen LogP contribution in [0, 0.1) is 0 Å². The highest BCUT2D eigenvalue weighted by Crippen LogP contribution is 2.35. The van der Waals surface area contributed by atoms with Crippen LogP contribution in [0.2, 0.25) is 0 Å². The van der Waals surface area contributed by atoms with Crippen LogP contribution < -0.4 is 5.73 Å². The number of rotatable bonds is 2. The molecule has 0 heterocycles. The third-order valence-corrected chi connectivity index (χ3v) is 3.63. The summed E-state index contributed by atoms with van der Waals surface area (Å²) in [5, 5.41) is 9.70. The molecule has 0 aliphatic carbocycles. The van der Waals surface area contributed by atoms with Crippen molar-refractivity contribution in [3.8, 4) is 5.75 Å². The Morgan fingerprint density at radius 1 is 1.06 bits per heavy atom. The lowest BCUT2D eigenvalue weighted by Gasteiger charge is -2.05. The number of nitrogens with two attached hydrogens (primary N) is 1. The lowest BCUT2D eigenvalue weighted by atomic mass is 10.3. The fraction of sp³-hybridized carbons (Fsp3) is 0. The first kappa shape index (κ1) is 11.4. The SMILES string of the molecule is Nc1ccc(Sc2ccc(Br)cc2)c(O)c1. The normalized spacial score (nSPS) is 10.3. The summed E-state index contributed by atoms with van der Waals surface area (Å²) in [5.41, 5.74) is 6.13. The van der Waals surface area contributed by atoms with Gasteiger partial charge in [-0.25, -0.2) is 0 Å². The van der Waals surface area contributed by atoms with Crippen molar-refractivity contribution in [2.24, 2.45) is 0 Å². The van der Waals surface area contributed by atoms with Crippen LogP contribution in [0.25, 0.3) is 0 Å². The van der Waals surface area contributed by atoms with Gasteiger partial charge in [-0.15, -0.1) is 0 Å². The number of aromatic hydroxyl groups is 1. The summed E-state index contributed by atoms with van der Waals surface area (Å²) >= 11 is 4.88. The minimum atomic E-state index is 0.216. The molecular formula is C12H10BrNOS. The maximum absolute atomic E-state index is 9.70. The fourth-order valence-electron chi connectivity index (χ4n) is 1.25. The molecule has 0 aliphatic rings. The Morgan fingerprint density at radius 2 is 1.75 bits per heavy atom. The molecule has 4 heteroatoms. The highest BCUT2D eigenvalue weighted by Gasteiger charge is 2.03. The molecule has 0 aromatic heterocycles. The first-order valence-electron chi connectivity index (χ1n) is 4.67. The van der Waals surface area contributed by atoms with E-state index in [4.69, 9.17) is 5.73 Å². The lowest BCUT2D eigenvalue weighted by Crippen LogP contribution is -1.84. The van der Waals surface area contributed by atoms with Crippen LogP contribution in [-0.4, -0.2) is 5.11 Å². The van der Waals surface area contributed by atoms with Gasteiger partial charge in [0.2, 0.25) is 0 Å². The van der Waals surface area contributed by atoms with Crippen LogP contribution in [0.3, 0.4) is 0 Å². The second-order valence-electron chi connectivity index (χ2n) is 3.28. The van der Waals surface area contributed by atoms with Crippen molar-refractivity contribution in [2.75, 3.05) is 5.73 Å². The molecule has 2 aromatic carbocycles. The van der Waals surface area contributed by atoms with Crippen molar-refractivity contribution in [2.45, 2.75) is 9.79 Å². The van der Waals surface area contributed by atoms with Gasteiger partial charge in [-0.3, -0.25) is 0 Å². The predicted molar refractivity (Wildman–Crippen MR) is 70.8 cm³/mol. The molecule has 82 valence electrons. The number of phenolic OH excluding ortho intramolecular Hbond substituents is 1. The van der Waals surface area contributed by atoms with Crippen LogP contribution in [0.4, 0.5) is 5.69 Å². The number of nitrogen functional groups attached to an aromatic ring is 1. The number of halogens is 1. The van der Waals surface area contributed by atoms with Gasteiger partial charge < -0.3 is 10.8 Å². The number of hydrogen-bond acceptors (Lipinski definition) is 3. The minimum absolute atomic E-state index is 0.216. The Bertz CT molecular complexity index is 499. The average molecular weight is 296 g/mol. The Balaban J connectivity index is 2.23. The van der Waals surface area contributed by atoms with Crippen molar-refractivity contribution in [3.63, 3.8) is 0 Å². The highest BCUT2D eigenvalue weighted by molar-refractivity contribution is 9.10. The van der Waals surface area contributed by atoms with Crippen LogP contribution in [-0.2, 0) is 0 Å². The topological polar surface area (TPSA) is 46.2 Å². The van der Waals surface area contributed by atoms with Gasteiger partial charge in [-0.05, 0) is 36.4 Å². The van der Waals surface area contributed by atoms with Gasteiger partial charge in [0.1, 0.15) is 5.75 Å². The van der Waals surface area contributed by atoms with E-state index in [2.05, 4.69) is 15.9 Å². The largest absolute Gasteiger partial charge is 0.507 e. The van der Waals surface area contributed by atoms with Crippen LogP contribution >= 0.6 is 27.7 Å². The first-order chi connectivity index (χ1) is 7.65. The molecule has 0 fully saturated rings. The van der Waals surface area contributed by atoms with Crippen LogP contribution in [0.1, 0.15) is 0 Å². The molecule has 0 bridgehead atoms. The number of phenols is 1. The second-order valence-corrected chi connectivity index (χ2v) is 5.31. The van der Waals surface area contributed by atoms with E-state index in [1.165, 1.54) is 11.8 Å². The molecule has 0 unspecified atom stereocenters. The van der Waals surface area contributed by atoms with Gasteiger partial charge in [0, 0.05) is 21.1 Å². The maximum Gasteiger partial charge on any atom is 0.131 e. The van der Waals surface area contributed by atoms with Gasteiger partial charge in [0.25, 0.3) is 0 Å². The molecule has 2 aromatic rings. The van der Waals surface area contributed by atoms with Gasteiger partial charge >= 0.3 is 0 Å². The summed E-state index contributed by atoms with van der Waals surface area (Å²) < 4.78 is 1.04. The monoisotopic (exact) mass is 295 g/mol. The lowest BCUT2D eigenvalue weighted by molar-refractivity contribution is 0.463. The minimum Gasteiger partial charge on any atom is -0.507 e. The maximum atomic E-state index is 9.70. The highest BCUT2D eigenvalue weighted by atomic mass is 79.9. The molecule has 2 nitrogen and oxygen atoms in total. The van der Waals surface area contributed by atoms with Crippen molar-refractivity contribution >= 4 is 33.4 Å². The standard InChI is InChI=1S/C12H10BrNOS/c13-8-1-4-10(5-2-8)16-12-6-3-9(14)7-11(12)15/h1-7,15H,14H2. The smallest absolute Gasteiger partial charge is 0.131 e. The van der Waals surface area contributed by atoms with E-state index in [0.717, 1.165) is 14.3 Å². The molecule has 0 spiro atoms. The fourth-order valence-corrected chi connectivity index (χ4v) is 2.34.